The van der Waals surface area contributed by atoms with Gasteiger partial charge in [-0.15, -0.1) is 0 Å². The van der Waals surface area contributed by atoms with Crippen LogP contribution in [0.3, 0.4) is 0 Å². The molecule has 68 valence electrons. The number of hydrogen-bond donors (Lipinski definition) is 1. The lowest BCUT2D eigenvalue weighted by Crippen LogP contribution is -1.89. The third-order valence-electron chi connectivity index (χ3n) is 1.64. The second-order valence-corrected chi connectivity index (χ2v) is 2.67. The van der Waals surface area contributed by atoms with Gasteiger partial charge in [-0.05, 0) is 30.2 Å². The molecule has 1 N–H and O–H groups in total. The summed E-state index contributed by atoms with van der Waals surface area (Å²) in [7, 11) is 0. The van der Waals surface area contributed by atoms with E-state index in [0.717, 1.165) is 6.08 Å². The largest absolute Gasteiger partial charge is 0.478 e. The zero-order valence-electron chi connectivity index (χ0n) is 7.12. The molecule has 0 aliphatic heterocycles. The molecule has 0 saturated carbocycles. The smallest absolute Gasteiger partial charge is 0.328 e. The summed E-state index contributed by atoms with van der Waals surface area (Å²) in [5, 5.41) is 8.45. The molecular formula is C10H9FO2. The van der Waals surface area contributed by atoms with Crippen LogP contribution >= 0.6 is 0 Å². The lowest BCUT2D eigenvalue weighted by Gasteiger charge is -1.98. The molecule has 1 aromatic carbocycles. The van der Waals surface area contributed by atoms with Crippen LogP contribution in [-0.2, 0) is 4.79 Å². The Labute approximate surface area is 75.3 Å². The third-order valence-corrected chi connectivity index (χ3v) is 1.64. The van der Waals surface area contributed by atoms with Crippen LogP contribution in [0.25, 0.3) is 5.57 Å². The molecule has 0 bridgehead atoms. The van der Waals surface area contributed by atoms with E-state index in [0.29, 0.717) is 11.1 Å². The molecule has 13 heavy (non-hydrogen) atoms. The fourth-order valence-corrected chi connectivity index (χ4v) is 0.981. The Balaban J connectivity index is 2.96. The van der Waals surface area contributed by atoms with Gasteiger partial charge in [-0.3, -0.25) is 0 Å². The molecule has 1 rings (SSSR count). The maximum Gasteiger partial charge on any atom is 0.328 e. The highest BCUT2D eigenvalue weighted by atomic mass is 19.1. The van der Waals surface area contributed by atoms with Gasteiger partial charge in [0.25, 0.3) is 0 Å². The van der Waals surface area contributed by atoms with Crippen LogP contribution in [0, 0.1) is 5.82 Å². The van der Waals surface area contributed by atoms with Crippen LogP contribution in [0.1, 0.15) is 12.5 Å². The standard InChI is InChI=1S/C10H9FO2/c1-7(6-10(12)13)8-2-4-9(11)5-3-8/h2-6H,1H3,(H,12,13)/b7-6-. The van der Waals surface area contributed by atoms with Crippen LogP contribution in [0.5, 0.6) is 0 Å². The molecule has 0 heterocycles. The highest BCUT2D eigenvalue weighted by molar-refractivity contribution is 5.89. The summed E-state index contributed by atoms with van der Waals surface area (Å²) in [5.74, 6) is -1.33. The number of aliphatic carboxylic acids is 1. The van der Waals surface area contributed by atoms with E-state index in [9.17, 15) is 9.18 Å². The third kappa shape index (κ3) is 2.71. The molecule has 2 nitrogen and oxygen atoms in total. The molecule has 0 unspecified atom stereocenters. The van der Waals surface area contributed by atoms with Gasteiger partial charge in [0.05, 0.1) is 0 Å². The Morgan fingerprint density at radius 1 is 1.38 bits per heavy atom. The van der Waals surface area contributed by atoms with Gasteiger partial charge in [0.1, 0.15) is 5.82 Å². The number of allylic oxidation sites excluding steroid dienone is 1. The van der Waals surface area contributed by atoms with Gasteiger partial charge in [-0.1, -0.05) is 12.1 Å². The van der Waals surface area contributed by atoms with E-state index in [1.807, 2.05) is 0 Å². The number of carboxylic acid groups (broad SMARTS) is 1. The minimum absolute atomic E-state index is 0.327. The predicted octanol–water partition coefficient (Wildman–Crippen LogP) is 2.31. The first kappa shape index (κ1) is 9.45. The monoisotopic (exact) mass is 180 g/mol. The molecule has 0 aliphatic carbocycles. The van der Waals surface area contributed by atoms with Crippen molar-refractivity contribution in [1.29, 1.82) is 0 Å². The normalized spacial score (nSPS) is 11.4. The fraction of sp³-hybridized carbons (Fsp3) is 0.100. The van der Waals surface area contributed by atoms with E-state index in [1.54, 1.807) is 19.1 Å². The molecule has 0 saturated heterocycles. The number of rotatable bonds is 2. The van der Waals surface area contributed by atoms with Crippen LogP contribution < -0.4 is 0 Å². The van der Waals surface area contributed by atoms with Crippen molar-refractivity contribution in [1.82, 2.24) is 0 Å². The number of benzene rings is 1. The summed E-state index contributed by atoms with van der Waals surface area (Å²) in [6, 6.07) is 5.69. The van der Waals surface area contributed by atoms with Crippen molar-refractivity contribution in [2.75, 3.05) is 0 Å². The van der Waals surface area contributed by atoms with Crippen LogP contribution in [-0.4, -0.2) is 11.1 Å². The van der Waals surface area contributed by atoms with Crippen molar-refractivity contribution in [3.8, 4) is 0 Å². The first-order valence-corrected chi connectivity index (χ1v) is 3.77. The first-order valence-electron chi connectivity index (χ1n) is 3.77. The Hall–Kier alpha value is -1.64. The topological polar surface area (TPSA) is 37.3 Å². The molecule has 0 atom stereocenters. The SMILES string of the molecule is C/C(=C/C(=O)O)c1ccc(F)cc1. The lowest BCUT2D eigenvalue weighted by molar-refractivity contribution is -0.131. The van der Waals surface area contributed by atoms with Gasteiger partial charge < -0.3 is 5.11 Å². The Morgan fingerprint density at radius 2 is 1.92 bits per heavy atom. The first-order chi connectivity index (χ1) is 6.09. The average Bonchev–Trinajstić information content (AvgIpc) is 2.04. The van der Waals surface area contributed by atoms with E-state index in [1.165, 1.54) is 12.1 Å². The summed E-state index contributed by atoms with van der Waals surface area (Å²) in [5.41, 5.74) is 1.32. The molecule has 3 heteroatoms. The molecular weight excluding hydrogens is 171 g/mol. The van der Waals surface area contributed by atoms with Gasteiger partial charge in [-0.25, -0.2) is 9.18 Å². The van der Waals surface area contributed by atoms with Crippen LogP contribution in [0.15, 0.2) is 30.3 Å². The summed E-state index contributed by atoms with van der Waals surface area (Å²) >= 11 is 0. The average molecular weight is 180 g/mol. The maximum atomic E-state index is 12.5. The number of carbonyl (C=O) groups is 1. The van der Waals surface area contributed by atoms with E-state index >= 15 is 0 Å². The molecule has 0 spiro atoms. The second-order valence-electron chi connectivity index (χ2n) is 2.67. The van der Waals surface area contributed by atoms with Gasteiger partial charge in [0, 0.05) is 6.08 Å². The van der Waals surface area contributed by atoms with Crippen LogP contribution in [0.2, 0.25) is 0 Å². The van der Waals surface area contributed by atoms with Gasteiger partial charge in [0.15, 0.2) is 0 Å². The second kappa shape index (κ2) is 3.85. The number of halogens is 1. The highest BCUT2D eigenvalue weighted by Gasteiger charge is 1.98. The predicted molar refractivity (Wildman–Crippen MR) is 47.7 cm³/mol. The lowest BCUT2D eigenvalue weighted by atomic mass is 10.1. The molecule has 0 aromatic heterocycles. The van der Waals surface area contributed by atoms with Gasteiger partial charge in [-0.2, -0.15) is 0 Å². The minimum atomic E-state index is -0.998. The molecule has 0 radical (unpaired) electrons. The van der Waals surface area contributed by atoms with E-state index in [2.05, 4.69) is 0 Å². The zero-order valence-corrected chi connectivity index (χ0v) is 7.12. The molecule has 0 aliphatic rings. The number of hydrogen-bond acceptors (Lipinski definition) is 1. The molecule has 0 amide bonds. The highest BCUT2D eigenvalue weighted by Crippen LogP contribution is 2.13. The summed E-state index contributed by atoms with van der Waals surface area (Å²) in [6.07, 6.45) is 1.09. The van der Waals surface area contributed by atoms with E-state index in [-0.39, 0.29) is 5.82 Å². The van der Waals surface area contributed by atoms with Gasteiger partial charge >= 0.3 is 5.97 Å². The quantitative estimate of drug-likeness (QED) is 0.709. The summed E-state index contributed by atoms with van der Waals surface area (Å²) in [6.45, 7) is 1.67. The fourth-order valence-electron chi connectivity index (χ4n) is 0.981. The van der Waals surface area contributed by atoms with E-state index < -0.39 is 5.97 Å². The minimum Gasteiger partial charge on any atom is -0.478 e. The Bertz CT molecular complexity index is 338. The summed E-state index contributed by atoms with van der Waals surface area (Å²) < 4.78 is 12.5. The van der Waals surface area contributed by atoms with E-state index in [4.69, 9.17) is 5.11 Å². The van der Waals surface area contributed by atoms with Crippen molar-refractivity contribution < 1.29 is 14.3 Å². The zero-order chi connectivity index (χ0) is 9.84. The van der Waals surface area contributed by atoms with Crippen molar-refractivity contribution in [2.24, 2.45) is 0 Å². The summed E-state index contributed by atoms with van der Waals surface area (Å²) in [4.78, 5) is 10.3. The van der Waals surface area contributed by atoms with Crippen molar-refractivity contribution in [3.05, 3.63) is 41.7 Å². The van der Waals surface area contributed by atoms with Gasteiger partial charge in [0.2, 0.25) is 0 Å². The van der Waals surface area contributed by atoms with Crippen molar-refractivity contribution >= 4 is 11.5 Å². The van der Waals surface area contributed by atoms with Crippen molar-refractivity contribution in [3.63, 3.8) is 0 Å². The molecule has 0 fully saturated rings. The Morgan fingerprint density at radius 3 is 2.38 bits per heavy atom. The number of carboxylic acids is 1. The Kier molecular flexibility index (Phi) is 2.80. The van der Waals surface area contributed by atoms with Crippen molar-refractivity contribution in [2.45, 2.75) is 6.92 Å². The maximum absolute atomic E-state index is 12.5. The van der Waals surface area contributed by atoms with Crippen LogP contribution in [0.4, 0.5) is 4.39 Å². The molecule has 1 aromatic rings.